The molecule has 0 fully saturated rings. The van der Waals surface area contributed by atoms with Gasteiger partial charge in [0, 0.05) is 32.9 Å². The summed E-state index contributed by atoms with van der Waals surface area (Å²) in [6.07, 6.45) is 0. The highest BCUT2D eigenvalue weighted by Gasteiger charge is 2.16. The molecule has 2 heteroatoms. The van der Waals surface area contributed by atoms with Crippen LogP contribution in [0.5, 0.6) is 0 Å². The van der Waals surface area contributed by atoms with Crippen LogP contribution in [0.3, 0.4) is 0 Å². The number of rotatable bonds is 4. The lowest BCUT2D eigenvalue weighted by Gasteiger charge is -2.12. The Labute approximate surface area is 272 Å². The van der Waals surface area contributed by atoms with Crippen LogP contribution in [0.1, 0.15) is 16.4 Å². The van der Waals surface area contributed by atoms with Gasteiger partial charge >= 0.3 is 0 Å². The minimum atomic E-state index is -0.504. The number of aromatic nitrogens is 2. The quantitative estimate of drug-likeness (QED) is 0.198. The average molecular weight is 573 g/mol. The fourth-order valence-corrected chi connectivity index (χ4v) is 6.14. The van der Waals surface area contributed by atoms with Gasteiger partial charge in [-0.25, -0.2) is 0 Å². The van der Waals surface area contributed by atoms with Crippen LogP contribution in [-0.2, 0) is 0 Å². The Morgan fingerprint density at radius 3 is 1.89 bits per heavy atom. The van der Waals surface area contributed by atoms with Gasteiger partial charge in [-0.3, -0.25) is 0 Å². The smallest absolute Gasteiger partial charge is 0.0645 e. The van der Waals surface area contributed by atoms with Crippen molar-refractivity contribution in [2.75, 3.05) is 0 Å². The average Bonchev–Trinajstić information content (AvgIpc) is 3.72. The van der Waals surface area contributed by atoms with Crippen molar-refractivity contribution >= 4 is 43.6 Å². The van der Waals surface area contributed by atoms with E-state index in [0.717, 1.165) is 33.4 Å². The molecule has 2 heterocycles. The van der Waals surface area contributed by atoms with E-state index in [1.54, 1.807) is 18.2 Å². The molecule has 0 radical (unpaired) electrons. The number of benzene rings is 7. The Morgan fingerprint density at radius 2 is 1.02 bits per heavy atom. The number of hydrogen-bond acceptors (Lipinski definition) is 0. The molecule has 0 saturated carbocycles. The van der Waals surface area contributed by atoms with Crippen molar-refractivity contribution in [3.8, 4) is 33.6 Å². The molecule has 0 amide bonds. The van der Waals surface area contributed by atoms with Crippen LogP contribution in [0.25, 0.3) is 77.2 Å². The van der Waals surface area contributed by atoms with E-state index < -0.39 is 24.2 Å². The Bertz CT molecular complexity index is 3180. The van der Waals surface area contributed by atoms with Gasteiger partial charge in [0.2, 0.25) is 0 Å². The van der Waals surface area contributed by atoms with Crippen molar-refractivity contribution in [2.24, 2.45) is 0 Å². The lowest BCUT2D eigenvalue weighted by Crippen LogP contribution is -1.96. The molecule has 0 N–H and O–H groups in total. The molecule has 7 aromatic carbocycles. The number of nitrogens with zero attached hydrogens (tertiary/aromatic N) is 2. The van der Waals surface area contributed by atoms with E-state index in [1.807, 2.05) is 81.9 Å². The van der Waals surface area contributed by atoms with Crippen molar-refractivity contribution in [1.29, 1.82) is 0 Å². The minimum Gasteiger partial charge on any atom is -0.309 e. The van der Waals surface area contributed by atoms with Crippen LogP contribution in [0, 0.1) is 0 Å². The Morgan fingerprint density at radius 1 is 0.364 bits per heavy atom. The third kappa shape index (κ3) is 3.82. The van der Waals surface area contributed by atoms with E-state index in [4.69, 9.17) is 15.1 Å². The summed E-state index contributed by atoms with van der Waals surface area (Å²) in [4.78, 5) is 0. The van der Waals surface area contributed by atoms with Gasteiger partial charge in [0.15, 0.2) is 0 Å². The van der Waals surface area contributed by atoms with Crippen molar-refractivity contribution in [2.45, 2.75) is 0 Å². The van der Waals surface area contributed by atoms with E-state index in [1.165, 1.54) is 0 Å². The predicted octanol–water partition coefficient (Wildman–Crippen LogP) is 11.2. The van der Waals surface area contributed by atoms with Crippen LogP contribution in [0.4, 0.5) is 0 Å². The summed E-state index contributed by atoms with van der Waals surface area (Å²) in [5.41, 5.74) is 4.15. The molecule has 0 atom stereocenters. The summed E-state index contributed by atoms with van der Waals surface area (Å²) in [5.74, 6) is 0. The summed E-state index contributed by atoms with van der Waals surface area (Å²) < 4.78 is 107. The number of fused-ring (bicyclic) bond motifs is 6. The van der Waals surface area contributed by atoms with Crippen LogP contribution >= 0.6 is 0 Å². The first-order valence-electron chi connectivity index (χ1n) is 20.1. The molecule has 44 heavy (non-hydrogen) atoms. The molecule has 9 rings (SSSR count). The van der Waals surface area contributed by atoms with Crippen LogP contribution in [0.15, 0.2) is 170 Å². The summed E-state index contributed by atoms with van der Waals surface area (Å²) in [6, 6.07) is 25.2. The van der Waals surface area contributed by atoms with E-state index in [2.05, 4.69) is 0 Å². The van der Waals surface area contributed by atoms with Crippen LogP contribution in [-0.4, -0.2) is 9.13 Å². The molecule has 206 valence electrons. The van der Waals surface area contributed by atoms with Crippen molar-refractivity contribution in [1.82, 2.24) is 9.13 Å². The van der Waals surface area contributed by atoms with Gasteiger partial charge in [0.25, 0.3) is 0 Å². The fourth-order valence-electron chi connectivity index (χ4n) is 6.14. The van der Waals surface area contributed by atoms with E-state index in [0.29, 0.717) is 33.2 Å². The van der Waals surface area contributed by atoms with E-state index in [-0.39, 0.29) is 65.0 Å². The highest BCUT2D eigenvalue weighted by Crippen LogP contribution is 2.37. The monoisotopic (exact) mass is 572 g/mol. The summed E-state index contributed by atoms with van der Waals surface area (Å²) in [7, 11) is 0. The zero-order chi connectivity index (χ0) is 39.5. The predicted molar refractivity (Wildman–Crippen MR) is 186 cm³/mol. The lowest BCUT2D eigenvalue weighted by atomic mass is 9.99. The molecular weight excluding hydrogens is 532 g/mol. The zero-order valence-electron chi connectivity index (χ0n) is 35.1. The molecule has 0 aliphatic carbocycles. The molecule has 0 bridgehead atoms. The first-order chi connectivity index (χ1) is 26.8. The van der Waals surface area contributed by atoms with Crippen LogP contribution in [0.2, 0.25) is 0 Å². The molecule has 0 aliphatic rings. The maximum absolute atomic E-state index is 9.23. The second kappa shape index (κ2) is 9.86. The topological polar surface area (TPSA) is 9.86 Å². The molecule has 2 aromatic heterocycles. The van der Waals surface area contributed by atoms with E-state index >= 15 is 0 Å². The third-order valence-electron chi connectivity index (χ3n) is 8.04. The van der Waals surface area contributed by atoms with Crippen LogP contribution < -0.4 is 0 Å². The molecule has 0 saturated heterocycles. The first-order valence-corrected chi connectivity index (χ1v) is 14.1. The molecule has 0 unspecified atom stereocenters. The van der Waals surface area contributed by atoms with Gasteiger partial charge in [-0.1, -0.05) is 115 Å². The number of para-hydroxylation sites is 3. The fraction of sp³-hybridized carbons (Fsp3) is 0. The maximum Gasteiger partial charge on any atom is 0.0645 e. The lowest BCUT2D eigenvalue weighted by molar-refractivity contribution is 1.17. The summed E-state index contributed by atoms with van der Waals surface area (Å²) >= 11 is 0. The van der Waals surface area contributed by atoms with Gasteiger partial charge in [0.05, 0.1) is 38.5 Å². The SMILES string of the molecule is [2H]c1cc([2H])c(-c2c([2H])c([2H])c([2H])c(-c3cccc(-n4c5ccccc5c5cc(-n6c7ccccc7c7c([2H])c([2H])c([2H])c([2H])c76)ccc54)c3)c2[2H])c([2H])c1[2H]. The van der Waals surface area contributed by atoms with Gasteiger partial charge < -0.3 is 9.13 Å². The highest BCUT2D eigenvalue weighted by molar-refractivity contribution is 6.12. The maximum atomic E-state index is 9.23. The second-order valence-corrected chi connectivity index (χ2v) is 10.5. The Kier molecular flexibility index (Phi) is 3.49. The highest BCUT2D eigenvalue weighted by atomic mass is 15.0. The van der Waals surface area contributed by atoms with Gasteiger partial charge in [-0.15, -0.1) is 0 Å². The molecule has 0 aliphatic heterocycles. The minimum absolute atomic E-state index is 0.0297. The van der Waals surface area contributed by atoms with E-state index in [9.17, 15) is 1.37 Å². The van der Waals surface area contributed by atoms with Crippen molar-refractivity contribution in [3.63, 3.8) is 0 Å². The molecule has 2 nitrogen and oxygen atoms in total. The summed E-state index contributed by atoms with van der Waals surface area (Å²) in [6.45, 7) is 0. The second-order valence-electron chi connectivity index (χ2n) is 10.5. The van der Waals surface area contributed by atoms with Gasteiger partial charge in [-0.05, 0) is 76.8 Å². The van der Waals surface area contributed by atoms with Gasteiger partial charge in [-0.2, -0.15) is 0 Å². The Balaban J connectivity index is 1.27. The third-order valence-corrected chi connectivity index (χ3v) is 8.04. The summed E-state index contributed by atoms with van der Waals surface area (Å²) in [5, 5.41) is 2.92. The zero-order valence-corrected chi connectivity index (χ0v) is 23.1. The number of hydrogen-bond donors (Lipinski definition) is 0. The largest absolute Gasteiger partial charge is 0.309 e. The Hall–Kier alpha value is -5.86. The van der Waals surface area contributed by atoms with Gasteiger partial charge in [0.1, 0.15) is 0 Å². The molecular formula is C42H28N2. The normalized spacial score (nSPS) is 15.5. The first kappa shape index (κ1) is 15.6. The van der Waals surface area contributed by atoms with Crippen molar-refractivity contribution in [3.05, 3.63) is 170 Å². The molecule has 0 spiro atoms. The van der Waals surface area contributed by atoms with Crippen molar-refractivity contribution < 1.29 is 16.4 Å². The standard InChI is InChI=1S/C42H28N2/c1-2-12-29(13-3-1)30-14-10-15-31(26-30)32-16-11-17-33(27-32)43-41-23-9-6-20-37(41)38-28-34(24-25-42(38)43)44-39-21-7-4-18-35(39)36-19-5-8-22-40(36)44/h1-28H/i1D,2D,4D,7D,10D,12D,13D,14D,15D,18D,21D,26D. The molecule has 9 aromatic rings.